The lowest BCUT2D eigenvalue weighted by molar-refractivity contribution is -0.145. The molecule has 7 heteroatoms. The number of carbonyl (C=O) groups excluding carboxylic acids is 3. The van der Waals surface area contributed by atoms with Crippen molar-refractivity contribution in [1.82, 2.24) is 15.5 Å². The molecule has 1 aromatic carbocycles. The van der Waals surface area contributed by atoms with Crippen LogP contribution in [0.1, 0.15) is 98.2 Å². The number of rotatable bonds is 12. The maximum Gasteiger partial charge on any atom is 0.408 e. The molecular formula is C29H45N3O4. The van der Waals surface area contributed by atoms with Gasteiger partial charge in [-0.2, -0.15) is 0 Å². The molecule has 36 heavy (non-hydrogen) atoms. The van der Waals surface area contributed by atoms with Gasteiger partial charge in [-0.05, 0) is 64.5 Å². The average Bonchev–Trinajstić information content (AvgIpc) is 2.79. The van der Waals surface area contributed by atoms with E-state index in [1.54, 1.807) is 37.8 Å². The topological polar surface area (TPSA) is 87.7 Å². The van der Waals surface area contributed by atoms with E-state index >= 15 is 0 Å². The van der Waals surface area contributed by atoms with Gasteiger partial charge >= 0.3 is 6.09 Å². The van der Waals surface area contributed by atoms with Gasteiger partial charge in [-0.15, -0.1) is 6.42 Å². The molecule has 0 aliphatic rings. The molecule has 0 aliphatic carbocycles. The summed E-state index contributed by atoms with van der Waals surface area (Å²) < 4.78 is 5.43. The van der Waals surface area contributed by atoms with Gasteiger partial charge in [-0.1, -0.05) is 58.2 Å². The molecule has 0 bridgehead atoms. The molecule has 0 spiro atoms. The molecule has 3 atom stereocenters. The summed E-state index contributed by atoms with van der Waals surface area (Å²) >= 11 is 0. The van der Waals surface area contributed by atoms with Crippen molar-refractivity contribution in [1.29, 1.82) is 0 Å². The van der Waals surface area contributed by atoms with Crippen LogP contribution in [-0.2, 0) is 14.3 Å². The second-order valence-electron chi connectivity index (χ2n) is 10.6. The van der Waals surface area contributed by atoms with E-state index in [9.17, 15) is 14.4 Å². The van der Waals surface area contributed by atoms with Gasteiger partial charge in [0.15, 0.2) is 0 Å². The monoisotopic (exact) mass is 499 g/mol. The fourth-order valence-electron chi connectivity index (χ4n) is 3.89. The summed E-state index contributed by atoms with van der Waals surface area (Å²) in [6.07, 6.45) is 7.88. The van der Waals surface area contributed by atoms with Crippen molar-refractivity contribution in [2.45, 2.75) is 105 Å². The van der Waals surface area contributed by atoms with Crippen molar-refractivity contribution in [3.05, 3.63) is 35.4 Å². The molecule has 0 saturated heterocycles. The van der Waals surface area contributed by atoms with Crippen molar-refractivity contribution in [3.63, 3.8) is 0 Å². The fraction of sp³-hybridized carbons (Fsp3) is 0.621. The maximum atomic E-state index is 14.2. The van der Waals surface area contributed by atoms with E-state index in [2.05, 4.69) is 16.6 Å². The molecule has 0 saturated carbocycles. The highest BCUT2D eigenvalue weighted by atomic mass is 16.6. The zero-order valence-corrected chi connectivity index (χ0v) is 23.3. The first-order chi connectivity index (χ1) is 16.9. The van der Waals surface area contributed by atoms with E-state index in [0.717, 1.165) is 12.8 Å². The van der Waals surface area contributed by atoms with E-state index in [0.29, 0.717) is 30.5 Å². The minimum atomic E-state index is -0.938. The first-order valence-electron chi connectivity index (χ1n) is 13.0. The van der Waals surface area contributed by atoms with Crippen LogP contribution >= 0.6 is 0 Å². The molecule has 3 unspecified atom stereocenters. The number of benzene rings is 1. The van der Waals surface area contributed by atoms with Gasteiger partial charge in [0, 0.05) is 18.2 Å². The second kappa shape index (κ2) is 14.5. The van der Waals surface area contributed by atoms with Gasteiger partial charge in [0.2, 0.25) is 11.8 Å². The highest BCUT2D eigenvalue weighted by Crippen LogP contribution is 2.29. The molecule has 0 radical (unpaired) electrons. The van der Waals surface area contributed by atoms with Gasteiger partial charge in [-0.25, -0.2) is 4.79 Å². The standard InChI is InChI=1S/C29H45N3O4/c1-10-13-18-30-26(33)25(23-17-15-14-16-22(23)12-3)32(21(6)11-2)27(34)24(19-20(4)5)31-28(35)36-29(7,8)9/h3,14-17,20-21,24-25H,10-11,13,18-19H2,1-2,4-9H3,(H,30,33)(H,31,35). The number of nitrogens with zero attached hydrogens (tertiary/aromatic N) is 1. The van der Waals surface area contributed by atoms with Gasteiger partial charge in [-0.3, -0.25) is 9.59 Å². The van der Waals surface area contributed by atoms with E-state index < -0.39 is 23.8 Å². The Bertz CT molecular complexity index is 914. The number of hydrogen-bond donors (Lipinski definition) is 2. The first-order valence-corrected chi connectivity index (χ1v) is 13.0. The van der Waals surface area contributed by atoms with Crippen LogP contribution in [0.15, 0.2) is 24.3 Å². The maximum absolute atomic E-state index is 14.2. The van der Waals surface area contributed by atoms with Crippen LogP contribution in [0.2, 0.25) is 0 Å². The number of terminal acetylenes is 1. The van der Waals surface area contributed by atoms with E-state index in [-0.39, 0.29) is 23.8 Å². The molecular weight excluding hydrogens is 454 g/mol. The number of unbranched alkanes of at least 4 members (excludes halogenated alkanes) is 1. The van der Waals surface area contributed by atoms with Gasteiger partial charge in [0.05, 0.1) is 0 Å². The zero-order chi connectivity index (χ0) is 27.5. The minimum absolute atomic E-state index is 0.113. The number of hydrogen-bond acceptors (Lipinski definition) is 4. The van der Waals surface area contributed by atoms with Crippen LogP contribution in [0.25, 0.3) is 0 Å². The summed E-state index contributed by atoms with van der Waals surface area (Å²) in [7, 11) is 0. The summed E-state index contributed by atoms with van der Waals surface area (Å²) in [5.41, 5.74) is 0.428. The summed E-state index contributed by atoms with van der Waals surface area (Å²) in [6.45, 7) is 15.7. The summed E-state index contributed by atoms with van der Waals surface area (Å²) in [6, 6.07) is 5.09. The van der Waals surface area contributed by atoms with E-state index in [4.69, 9.17) is 11.2 Å². The molecule has 0 aliphatic heterocycles. The van der Waals surface area contributed by atoms with Gasteiger partial charge in [0.25, 0.3) is 0 Å². The Morgan fingerprint density at radius 3 is 2.28 bits per heavy atom. The van der Waals surface area contributed by atoms with Crippen molar-refractivity contribution in [2.75, 3.05) is 6.54 Å². The number of ether oxygens (including phenoxy) is 1. The van der Waals surface area contributed by atoms with Crippen LogP contribution in [0, 0.1) is 18.3 Å². The average molecular weight is 500 g/mol. The Morgan fingerprint density at radius 1 is 1.11 bits per heavy atom. The summed E-state index contributed by atoms with van der Waals surface area (Å²) in [5.74, 6) is 2.14. The third-order valence-electron chi connectivity index (χ3n) is 5.78. The Hall–Kier alpha value is -3.01. The largest absolute Gasteiger partial charge is 0.444 e. The lowest BCUT2D eigenvalue weighted by atomic mass is 9.94. The molecule has 1 aromatic rings. The zero-order valence-electron chi connectivity index (χ0n) is 23.3. The van der Waals surface area contributed by atoms with E-state index in [1.165, 1.54) is 0 Å². The van der Waals surface area contributed by atoms with E-state index in [1.807, 2.05) is 46.8 Å². The van der Waals surface area contributed by atoms with Crippen LogP contribution in [-0.4, -0.2) is 47.0 Å². The lowest BCUT2D eigenvalue weighted by Gasteiger charge is -2.39. The Morgan fingerprint density at radius 2 is 1.75 bits per heavy atom. The normalized spacial score (nSPS) is 13.8. The Balaban J connectivity index is 3.57. The minimum Gasteiger partial charge on any atom is -0.444 e. The quantitative estimate of drug-likeness (QED) is 0.306. The summed E-state index contributed by atoms with van der Waals surface area (Å²) in [5, 5.41) is 5.75. The third kappa shape index (κ3) is 9.56. The Labute approximate surface area is 217 Å². The van der Waals surface area contributed by atoms with Gasteiger partial charge < -0.3 is 20.3 Å². The summed E-state index contributed by atoms with van der Waals surface area (Å²) in [4.78, 5) is 42.0. The highest BCUT2D eigenvalue weighted by molar-refractivity contribution is 5.92. The van der Waals surface area contributed by atoms with Crippen molar-refractivity contribution >= 4 is 17.9 Å². The molecule has 7 nitrogen and oxygen atoms in total. The lowest BCUT2D eigenvalue weighted by Crippen LogP contribution is -2.56. The molecule has 2 N–H and O–H groups in total. The number of carbonyl (C=O) groups is 3. The van der Waals surface area contributed by atoms with Crippen LogP contribution < -0.4 is 10.6 Å². The van der Waals surface area contributed by atoms with Crippen molar-refractivity contribution in [3.8, 4) is 12.3 Å². The Kier molecular flexibility index (Phi) is 12.5. The number of amides is 3. The molecule has 0 aromatic heterocycles. The van der Waals surface area contributed by atoms with Crippen molar-refractivity contribution < 1.29 is 19.1 Å². The predicted octanol–water partition coefficient (Wildman–Crippen LogP) is 5.19. The molecule has 0 fully saturated rings. The predicted molar refractivity (Wildman–Crippen MR) is 144 cm³/mol. The molecule has 1 rings (SSSR count). The van der Waals surface area contributed by atoms with Crippen LogP contribution in [0.3, 0.4) is 0 Å². The van der Waals surface area contributed by atoms with Crippen molar-refractivity contribution in [2.24, 2.45) is 5.92 Å². The highest BCUT2D eigenvalue weighted by Gasteiger charge is 2.39. The van der Waals surface area contributed by atoms with Crippen LogP contribution in [0.5, 0.6) is 0 Å². The SMILES string of the molecule is C#Cc1ccccc1C(C(=O)NCCCC)N(C(=O)C(CC(C)C)NC(=O)OC(C)(C)C)C(C)CC. The smallest absolute Gasteiger partial charge is 0.408 e. The fourth-order valence-corrected chi connectivity index (χ4v) is 3.89. The van der Waals surface area contributed by atoms with Gasteiger partial charge in [0.1, 0.15) is 17.7 Å². The number of alkyl carbamates (subject to hydrolysis) is 1. The first kappa shape index (κ1) is 31.0. The van der Waals surface area contributed by atoms with Crippen LogP contribution in [0.4, 0.5) is 4.79 Å². The molecule has 200 valence electrons. The molecule has 3 amide bonds. The third-order valence-corrected chi connectivity index (χ3v) is 5.78. The molecule has 0 heterocycles. The second-order valence-corrected chi connectivity index (χ2v) is 10.6. The number of nitrogens with one attached hydrogen (secondary N) is 2.